The minimum atomic E-state index is -3.78. The van der Waals surface area contributed by atoms with Crippen molar-refractivity contribution in [1.29, 1.82) is 0 Å². The Kier molecular flexibility index (Phi) is 5.24. The molecule has 0 amide bonds. The van der Waals surface area contributed by atoms with E-state index < -0.39 is 9.84 Å². The van der Waals surface area contributed by atoms with Crippen LogP contribution in [0.4, 0.5) is 0 Å². The Morgan fingerprint density at radius 3 is 2.82 bits per heavy atom. The van der Waals surface area contributed by atoms with Gasteiger partial charge in [-0.3, -0.25) is 4.90 Å². The number of rotatable bonds is 7. The molecule has 28 heavy (non-hydrogen) atoms. The third-order valence-electron chi connectivity index (χ3n) is 5.57. The Labute approximate surface area is 170 Å². The molecule has 1 aromatic heterocycles. The summed E-state index contributed by atoms with van der Waals surface area (Å²) in [5.74, 6) is 0.711. The molecule has 1 aliphatic heterocycles. The minimum Gasteiger partial charge on any atom is -0.503 e. The van der Waals surface area contributed by atoms with Crippen molar-refractivity contribution in [2.75, 3.05) is 20.2 Å². The highest BCUT2D eigenvalue weighted by atomic mass is 32.2. The molecule has 1 saturated carbocycles. The zero-order chi connectivity index (χ0) is 19.9. The first-order valence-corrected chi connectivity index (χ1v) is 11.9. The van der Waals surface area contributed by atoms with Crippen LogP contribution in [0.25, 0.3) is 10.4 Å². The molecule has 1 N–H and O–H groups in total. The molecule has 2 aromatic rings. The first kappa shape index (κ1) is 19.5. The van der Waals surface area contributed by atoms with E-state index in [2.05, 4.69) is 17.5 Å². The van der Waals surface area contributed by atoms with Gasteiger partial charge in [0, 0.05) is 28.3 Å². The smallest absolute Gasteiger partial charge is 0.203 e. The van der Waals surface area contributed by atoms with Crippen molar-refractivity contribution in [3.63, 3.8) is 0 Å². The number of ether oxygens (including phenoxy) is 1. The lowest BCUT2D eigenvalue weighted by Crippen LogP contribution is -2.30. The number of phenolic OH excluding ortho intramolecular Hbond substituents is 1. The van der Waals surface area contributed by atoms with Gasteiger partial charge in [0.05, 0.1) is 7.11 Å². The lowest BCUT2D eigenvalue weighted by molar-refractivity contribution is 0.248. The van der Waals surface area contributed by atoms with Crippen LogP contribution >= 0.6 is 11.3 Å². The normalized spacial score (nSPS) is 17.3. The van der Waals surface area contributed by atoms with Gasteiger partial charge < -0.3 is 9.84 Å². The summed E-state index contributed by atoms with van der Waals surface area (Å²) in [7, 11) is -2.37. The average Bonchev–Trinajstić information content (AvgIpc) is 3.43. The molecule has 4 rings (SSSR count). The number of fused-ring (bicyclic) bond motifs is 1. The van der Waals surface area contributed by atoms with Crippen LogP contribution in [0.1, 0.15) is 29.7 Å². The van der Waals surface area contributed by atoms with Crippen LogP contribution in [0, 0.1) is 5.92 Å². The lowest BCUT2D eigenvalue weighted by Gasteiger charge is -2.26. The standard InChI is InChI=1S/C21H25NO4S2/c1-3-28(24,25)20-12-15(10-17(26-2)21(20)23)19-11-16-13-22(8-6-14-4-5-14)9-7-18(16)27-19/h3,10-12,14,23H,1,4-9,13H2,2H3. The highest BCUT2D eigenvalue weighted by molar-refractivity contribution is 7.94. The second kappa shape index (κ2) is 7.54. The topological polar surface area (TPSA) is 66.8 Å². The van der Waals surface area contributed by atoms with Crippen LogP contribution in [0.3, 0.4) is 0 Å². The van der Waals surface area contributed by atoms with Crippen LogP contribution < -0.4 is 4.74 Å². The molecule has 5 nitrogen and oxygen atoms in total. The second-order valence-electron chi connectivity index (χ2n) is 7.55. The number of phenols is 1. The van der Waals surface area contributed by atoms with E-state index in [4.69, 9.17) is 4.74 Å². The van der Waals surface area contributed by atoms with E-state index in [0.29, 0.717) is 0 Å². The second-order valence-corrected chi connectivity index (χ2v) is 10.6. The molecule has 1 aliphatic carbocycles. The quantitative estimate of drug-likeness (QED) is 0.728. The van der Waals surface area contributed by atoms with Gasteiger partial charge >= 0.3 is 0 Å². The van der Waals surface area contributed by atoms with Gasteiger partial charge in [0.15, 0.2) is 11.5 Å². The zero-order valence-electron chi connectivity index (χ0n) is 16.0. The summed E-state index contributed by atoms with van der Waals surface area (Å²) in [4.78, 5) is 4.70. The van der Waals surface area contributed by atoms with Crippen molar-refractivity contribution < 1.29 is 18.3 Å². The van der Waals surface area contributed by atoms with Crippen molar-refractivity contribution in [3.8, 4) is 21.9 Å². The maximum atomic E-state index is 12.3. The Hall–Kier alpha value is -1.83. The predicted molar refractivity (Wildman–Crippen MR) is 112 cm³/mol. The first-order valence-electron chi connectivity index (χ1n) is 9.54. The maximum absolute atomic E-state index is 12.3. The number of hydrogen-bond donors (Lipinski definition) is 1. The summed E-state index contributed by atoms with van der Waals surface area (Å²) < 4.78 is 29.8. The molecular formula is C21H25NO4S2. The third-order valence-corrected chi connectivity index (χ3v) is 8.22. The number of nitrogens with zero attached hydrogens (tertiary/aromatic N) is 1. The largest absolute Gasteiger partial charge is 0.503 e. The summed E-state index contributed by atoms with van der Waals surface area (Å²) >= 11 is 1.69. The Balaban J connectivity index is 1.65. The summed E-state index contributed by atoms with van der Waals surface area (Å²) in [6.07, 6.45) is 5.10. The Bertz CT molecular complexity index is 1010. The number of thiophene rings is 1. The van der Waals surface area contributed by atoms with Gasteiger partial charge in [0.2, 0.25) is 9.84 Å². The molecule has 0 atom stereocenters. The molecule has 0 bridgehead atoms. The number of aromatic hydroxyl groups is 1. The molecule has 2 heterocycles. The molecule has 7 heteroatoms. The fourth-order valence-corrected chi connectivity index (χ4v) is 5.67. The number of hydrogen-bond acceptors (Lipinski definition) is 6. The minimum absolute atomic E-state index is 0.148. The lowest BCUT2D eigenvalue weighted by atomic mass is 10.1. The molecule has 2 aliphatic rings. The van der Waals surface area contributed by atoms with E-state index in [0.717, 1.165) is 47.8 Å². The molecule has 150 valence electrons. The fraction of sp³-hybridized carbons (Fsp3) is 0.429. The van der Waals surface area contributed by atoms with Crippen molar-refractivity contribution in [2.45, 2.75) is 37.1 Å². The average molecular weight is 420 g/mol. The molecule has 0 radical (unpaired) electrons. The van der Waals surface area contributed by atoms with Crippen LogP contribution in [0.15, 0.2) is 35.1 Å². The van der Waals surface area contributed by atoms with Gasteiger partial charge in [0.1, 0.15) is 4.90 Å². The van der Waals surface area contributed by atoms with Gasteiger partial charge in [-0.1, -0.05) is 19.4 Å². The maximum Gasteiger partial charge on any atom is 0.203 e. The van der Waals surface area contributed by atoms with Crippen molar-refractivity contribution in [3.05, 3.63) is 40.6 Å². The Morgan fingerprint density at radius 2 is 2.14 bits per heavy atom. The third kappa shape index (κ3) is 3.83. The molecule has 0 spiro atoms. The van der Waals surface area contributed by atoms with Gasteiger partial charge in [-0.25, -0.2) is 8.42 Å². The van der Waals surface area contributed by atoms with E-state index in [1.54, 1.807) is 17.4 Å². The van der Waals surface area contributed by atoms with Crippen LogP contribution in [-0.4, -0.2) is 38.6 Å². The van der Waals surface area contributed by atoms with E-state index in [1.165, 1.54) is 42.9 Å². The molecule has 0 unspecified atom stereocenters. The highest BCUT2D eigenvalue weighted by Crippen LogP contribution is 2.42. The van der Waals surface area contributed by atoms with E-state index in [9.17, 15) is 13.5 Å². The number of methoxy groups -OCH3 is 1. The van der Waals surface area contributed by atoms with Crippen LogP contribution in [0.2, 0.25) is 0 Å². The monoisotopic (exact) mass is 419 g/mol. The van der Waals surface area contributed by atoms with Crippen LogP contribution in [-0.2, 0) is 22.8 Å². The molecule has 1 aromatic carbocycles. The Morgan fingerprint density at radius 1 is 1.36 bits per heavy atom. The van der Waals surface area contributed by atoms with Crippen LogP contribution in [0.5, 0.6) is 11.5 Å². The van der Waals surface area contributed by atoms with E-state index >= 15 is 0 Å². The molecule has 1 fully saturated rings. The van der Waals surface area contributed by atoms with Crippen molar-refractivity contribution in [2.24, 2.45) is 5.92 Å². The zero-order valence-corrected chi connectivity index (χ0v) is 17.6. The van der Waals surface area contributed by atoms with Gasteiger partial charge in [-0.15, -0.1) is 11.3 Å². The summed E-state index contributed by atoms with van der Waals surface area (Å²) in [5.41, 5.74) is 2.06. The molecular weight excluding hydrogens is 394 g/mol. The SMILES string of the molecule is C=CS(=O)(=O)c1cc(-c2cc3c(s2)CCN(CCC2CC2)C3)cc(OC)c1O. The molecule has 0 saturated heterocycles. The van der Waals surface area contributed by atoms with Gasteiger partial charge in [-0.2, -0.15) is 0 Å². The van der Waals surface area contributed by atoms with E-state index in [-0.39, 0.29) is 16.4 Å². The van der Waals surface area contributed by atoms with E-state index in [1.807, 2.05) is 0 Å². The number of sulfone groups is 1. The van der Waals surface area contributed by atoms with Gasteiger partial charge in [0.25, 0.3) is 0 Å². The summed E-state index contributed by atoms with van der Waals surface area (Å²) in [6.45, 7) is 6.55. The van der Waals surface area contributed by atoms with Crippen molar-refractivity contribution in [1.82, 2.24) is 4.90 Å². The highest BCUT2D eigenvalue weighted by Gasteiger charge is 2.26. The van der Waals surface area contributed by atoms with Gasteiger partial charge in [-0.05, 0) is 54.6 Å². The number of benzene rings is 1. The first-order chi connectivity index (χ1) is 13.4. The fourth-order valence-electron chi connectivity index (χ4n) is 3.68. The summed E-state index contributed by atoms with van der Waals surface area (Å²) in [5, 5.41) is 11.1. The predicted octanol–water partition coefficient (Wildman–Crippen LogP) is 4.20. The summed E-state index contributed by atoms with van der Waals surface area (Å²) in [6, 6.07) is 5.36. The van der Waals surface area contributed by atoms with Crippen molar-refractivity contribution >= 4 is 21.2 Å².